The van der Waals surface area contributed by atoms with Crippen LogP contribution in [0.1, 0.15) is 35.1 Å². The van der Waals surface area contributed by atoms with Crippen LogP contribution in [0.4, 0.5) is 0 Å². The highest BCUT2D eigenvalue weighted by atomic mass is 16.5. The monoisotopic (exact) mass is 353 g/mol. The lowest BCUT2D eigenvalue weighted by Crippen LogP contribution is -2.37. The van der Waals surface area contributed by atoms with Gasteiger partial charge < -0.3 is 15.2 Å². The molecule has 0 aliphatic carbocycles. The Bertz CT molecular complexity index is 886. The van der Waals surface area contributed by atoms with E-state index < -0.39 is 0 Å². The molecule has 1 atom stereocenters. The van der Waals surface area contributed by atoms with E-state index in [1.807, 2.05) is 49.4 Å². The van der Waals surface area contributed by atoms with Gasteiger partial charge in [0.25, 0.3) is 5.91 Å². The maximum absolute atomic E-state index is 12.6. The molecule has 2 heterocycles. The van der Waals surface area contributed by atoms with Crippen molar-refractivity contribution in [3.63, 3.8) is 0 Å². The highest BCUT2D eigenvalue weighted by molar-refractivity contribution is 5.95. The van der Waals surface area contributed by atoms with Crippen LogP contribution >= 0.6 is 0 Å². The molecule has 6 heteroatoms. The van der Waals surface area contributed by atoms with Gasteiger partial charge in [-0.25, -0.2) is 4.98 Å². The predicted octanol–water partition coefficient (Wildman–Crippen LogP) is 2.72. The van der Waals surface area contributed by atoms with Gasteiger partial charge >= 0.3 is 0 Å². The fourth-order valence-electron chi connectivity index (χ4n) is 2.81. The van der Waals surface area contributed by atoms with E-state index in [1.165, 1.54) is 0 Å². The molecule has 136 valence electrons. The molecular formula is C20H23N3O3. The van der Waals surface area contributed by atoms with E-state index in [-0.39, 0.29) is 18.6 Å². The zero-order chi connectivity index (χ0) is 18.5. The van der Waals surface area contributed by atoms with Crippen molar-refractivity contribution in [3.05, 3.63) is 65.6 Å². The molecule has 1 unspecified atom stereocenters. The van der Waals surface area contributed by atoms with Gasteiger partial charge in [-0.1, -0.05) is 37.3 Å². The van der Waals surface area contributed by atoms with Gasteiger partial charge in [0.1, 0.15) is 12.3 Å². The molecule has 0 saturated heterocycles. The fraction of sp³-hybridized carbons (Fsp3) is 0.300. The van der Waals surface area contributed by atoms with Gasteiger partial charge in [0.2, 0.25) is 0 Å². The average Bonchev–Trinajstić information content (AvgIpc) is 3.01. The minimum absolute atomic E-state index is 0.0938. The van der Waals surface area contributed by atoms with E-state index in [9.17, 15) is 9.90 Å². The minimum atomic E-state index is -0.273. The number of benzene rings is 1. The number of imidazole rings is 1. The fourth-order valence-corrected chi connectivity index (χ4v) is 2.81. The van der Waals surface area contributed by atoms with E-state index in [0.29, 0.717) is 35.8 Å². The van der Waals surface area contributed by atoms with Crippen molar-refractivity contribution in [3.8, 4) is 5.75 Å². The average molecular weight is 353 g/mol. The highest BCUT2D eigenvalue weighted by Crippen LogP contribution is 2.23. The normalized spacial score (nSPS) is 12.1. The van der Waals surface area contributed by atoms with Crippen LogP contribution in [0.15, 0.2) is 48.7 Å². The Morgan fingerprint density at radius 2 is 2.04 bits per heavy atom. The van der Waals surface area contributed by atoms with Gasteiger partial charge in [0.05, 0.1) is 18.3 Å². The molecule has 3 aromatic rings. The standard InChI is InChI=1S/C20H23N3O3/c1-3-16(12-24)22-20(25)18-14(2)21-19-17(10-7-11-23(18)19)26-13-15-8-5-4-6-9-15/h4-11,16,24H,3,12-13H2,1-2H3,(H,22,25). The highest BCUT2D eigenvalue weighted by Gasteiger charge is 2.20. The van der Waals surface area contributed by atoms with Crippen molar-refractivity contribution in [2.45, 2.75) is 32.9 Å². The van der Waals surface area contributed by atoms with Gasteiger partial charge in [-0.3, -0.25) is 9.20 Å². The van der Waals surface area contributed by atoms with Crippen LogP contribution in [-0.4, -0.2) is 33.0 Å². The topological polar surface area (TPSA) is 75.9 Å². The van der Waals surface area contributed by atoms with Crippen LogP contribution in [-0.2, 0) is 6.61 Å². The number of carbonyl (C=O) groups is 1. The summed E-state index contributed by atoms with van der Waals surface area (Å²) in [6.45, 7) is 4.04. The van der Waals surface area contributed by atoms with Crippen molar-refractivity contribution in [1.29, 1.82) is 0 Å². The third-order valence-corrected chi connectivity index (χ3v) is 4.29. The summed E-state index contributed by atoms with van der Waals surface area (Å²) >= 11 is 0. The lowest BCUT2D eigenvalue weighted by molar-refractivity contribution is 0.0908. The van der Waals surface area contributed by atoms with Crippen molar-refractivity contribution in [2.24, 2.45) is 0 Å². The minimum Gasteiger partial charge on any atom is -0.485 e. The van der Waals surface area contributed by atoms with Crippen LogP contribution in [0, 0.1) is 6.92 Å². The molecule has 0 aliphatic rings. The summed E-state index contributed by atoms with van der Waals surface area (Å²) < 4.78 is 7.65. The lowest BCUT2D eigenvalue weighted by atomic mass is 10.2. The summed E-state index contributed by atoms with van der Waals surface area (Å²) in [6, 6.07) is 13.3. The molecule has 26 heavy (non-hydrogen) atoms. The third-order valence-electron chi connectivity index (χ3n) is 4.29. The Labute approximate surface area is 152 Å². The number of carbonyl (C=O) groups excluding carboxylic acids is 1. The predicted molar refractivity (Wildman–Crippen MR) is 99.3 cm³/mol. The number of pyridine rings is 1. The maximum Gasteiger partial charge on any atom is 0.270 e. The van der Waals surface area contributed by atoms with Gasteiger partial charge in [-0.05, 0) is 31.0 Å². The second-order valence-electron chi connectivity index (χ2n) is 6.15. The number of hydrogen-bond donors (Lipinski definition) is 2. The smallest absolute Gasteiger partial charge is 0.270 e. The number of ether oxygens (including phenoxy) is 1. The number of aromatic nitrogens is 2. The van der Waals surface area contributed by atoms with Crippen LogP contribution in [0.5, 0.6) is 5.75 Å². The van der Waals surface area contributed by atoms with Crippen LogP contribution in [0.25, 0.3) is 5.65 Å². The number of rotatable bonds is 7. The van der Waals surface area contributed by atoms with Crippen LogP contribution in [0.3, 0.4) is 0 Å². The molecule has 3 rings (SSSR count). The van der Waals surface area contributed by atoms with Crippen molar-refractivity contribution < 1.29 is 14.6 Å². The van der Waals surface area contributed by atoms with Crippen LogP contribution < -0.4 is 10.1 Å². The zero-order valence-corrected chi connectivity index (χ0v) is 15.0. The first-order chi connectivity index (χ1) is 12.6. The van der Waals surface area contributed by atoms with Crippen molar-refractivity contribution >= 4 is 11.6 Å². The largest absolute Gasteiger partial charge is 0.485 e. The van der Waals surface area contributed by atoms with Gasteiger partial charge in [-0.15, -0.1) is 0 Å². The Morgan fingerprint density at radius 3 is 2.73 bits per heavy atom. The third kappa shape index (κ3) is 3.70. The zero-order valence-electron chi connectivity index (χ0n) is 15.0. The number of aryl methyl sites for hydroxylation is 1. The molecule has 0 fully saturated rings. The van der Waals surface area contributed by atoms with Crippen molar-refractivity contribution in [2.75, 3.05) is 6.61 Å². The van der Waals surface area contributed by atoms with Crippen LogP contribution in [0.2, 0.25) is 0 Å². The molecule has 1 amide bonds. The first-order valence-corrected chi connectivity index (χ1v) is 8.70. The van der Waals surface area contributed by atoms with Crippen molar-refractivity contribution in [1.82, 2.24) is 14.7 Å². The van der Waals surface area contributed by atoms with E-state index in [0.717, 1.165) is 5.56 Å². The Kier molecular flexibility index (Phi) is 5.53. The summed E-state index contributed by atoms with van der Waals surface area (Å²) in [6.07, 6.45) is 2.45. The summed E-state index contributed by atoms with van der Waals surface area (Å²) in [5.41, 5.74) is 2.73. The molecule has 2 N–H and O–H groups in total. The second-order valence-corrected chi connectivity index (χ2v) is 6.15. The molecule has 1 aromatic carbocycles. The Balaban J connectivity index is 1.88. The second kappa shape index (κ2) is 8.01. The van der Waals surface area contributed by atoms with Gasteiger partial charge in [0.15, 0.2) is 11.4 Å². The maximum atomic E-state index is 12.6. The molecule has 0 bridgehead atoms. The SMILES string of the molecule is CCC(CO)NC(=O)c1c(C)nc2c(OCc3ccccc3)cccn12. The van der Waals surface area contributed by atoms with E-state index in [1.54, 1.807) is 17.5 Å². The summed E-state index contributed by atoms with van der Waals surface area (Å²) in [4.78, 5) is 17.2. The Hall–Kier alpha value is -2.86. The molecular weight excluding hydrogens is 330 g/mol. The number of hydrogen-bond acceptors (Lipinski definition) is 4. The molecule has 0 saturated carbocycles. The molecule has 6 nitrogen and oxygen atoms in total. The molecule has 0 radical (unpaired) electrons. The number of fused-ring (bicyclic) bond motifs is 1. The summed E-state index contributed by atoms with van der Waals surface area (Å²) in [7, 11) is 0. The summed E-state index contributed by atoms with van der Waals surface area (Å²) in [5, 5.41) is 12.2. The first kappa shape index (κ1) is 17.9. The Morgan fingerprint density at radius 1 is 1.27 bits per heavy atom. The molecule has 0 spiro atoms. The molecule has 0 aliphatic heterocycles. The van der Waals surface area contributed by atoms with E-state index in [4.69, 9.17) is 4.74 Å². The quantitative estimate of drug-likeness (QED) is 0.685. The number of nitrogens with one attached hydrogen (secondary N) is 1. The molecule has 2 aromatic heterocycles. The number of nitrogens with zero attached hydrogens (tertiary/aromatic N) is 2. The first-order valence-electron chi connectivity index (χ1n) is 8.70. The van der Waals surface area contributed by atoms with Gasteiger partial charge in [-0.2, -0.15) is 0 Å². The number of aliphatic hydroxyl groups is 1. The summed E-state index contributed by atoms with van der Waals surface area (Å²) in [5.74, 6) is 0.365. The number of aliphatic hydroxyl groups excluding tert-OH is 1. The van der Waals surface area contributed by atoms with E-state index in [2.05, 4.69) is 10.3 Å². The lowest BCUT2D eigenvalue weighted by Gasteiger charge is -2.14. The number of amides is 1. The van der Waals surface area contributed by atoms with Gasteiger partial charge in [0, 0.05) is 6.20 Å². The van der Waals surface area contributed by atoms with E-state index >= 15 is 0 Å².